The van der Waals surface area contributed by atoms with Crippen LogP contribution in [0.5, 0.6) is 11.6 Å². The molecule has 6 nitrogen and oxygen atoms in total. The fourth-order valence-corrected chi connectivity index (χ4v) is 2.40. The summed E-state index contributed by atoms with van der Waals surface area (Å²) >= 11 is 0. The van der Waals surface area contributed by atoms with Crippen molar-refractivity contribution in [3.8, 4) is 11.6 Å². The van der Waals surface area contributed by atoms with Crippen molar-refractivity contribution < 1.29 is 9.47 Å². The average Bonchev–Trinajstić information content (AvgIpc) is 2.61. The van der Waals surface area contributed by atoms with E-state index in [0.717, 1.165) is 22.3 Å². The van der Waals surface area contributed by atoms with Crippen LogP contribution in [0.15, 0.2) is 47.4 Å². The van der Waals surface area contributed by atoms with Crippen molar-refractivity contribution >= 4 is 16.6 Å². The number of hydrogen-bond donors (Lipinski definition) is 2. The summed E-state index contributed by atoms with van der Waals surface area (Å²) in [6.07, 6.45) is 1.68. The number of pyridine rings is 2. The SMILES string of the molecule is CCOc1ccc(NCc2cc3cc(OC)ccc3[nH]c2=O)cn1. The Morgan fingerprint density at radius 1 is 1.21 bits per heavy atom. The van der Waals surface area contributed by atoms with Crippen LogP contribution >= 0.6 is 0 Å². The highest BCUT2D eigenvalue weighted by atomic mass is 16.5. The molecule has 0 fully saturated rings. The van der Waals surface area contributed by atoms with Gasteiger partial charge < -0.3 is 19.8 Å². The molecule has 124 valence electrons. The molecule has 0 radical (unpaired) electrons. The molecule has 0 bridgehead atoms. The molecule has 6 heteroatoms. The Hall–Kier alpha value is -3.02. The molecule has 3 aromatic rings. The number of ether oxygens (including phenoxy) is 2. The van der Waals surface area contributed by atoms with E-state index in [1.165, 1.54) is 0 Å². The molecule has 1 aromatic carbocycles. The Kier molecular flexibility index (Phi) is 4.65. The van der Waals surface area contributed by atoms with Crippen LogP contribution in [0.25, 0.3) is 10.9 Å². The van der Waals surface area contributed by atoms with E-state index in [1.807, 2.05) is 37.3 Å². The molecule has 2 N–H and O–H groups in total. The maximum Gasteiger partial charge on any atom is 0.253 e. The molecule has 0 aliphatic heterocycles. The molecule has 2 heterocycles. The first-order chi connectivity index (χ1) is 11.7. The molecule has 0 spiro atoms. The third-order valence-corrected chi connectivity index (χ3v) is 3.64. The van der Waals surface area contributed by atoms with E-state index in [0.29, 0.717) is 24.6 Å². The molecule has 3 rings (SSSR count). The van der Waals surface area contributed by atoms with Gasteiger partial charge in [0.15, 0.2) is 0 Å². The molecule has 0 saturated carbocycles. The van der Waals surface area contributed by atoms with Crippen LogP contribution in [-0.2, 0) is 6.54 Å². The minimum Gasteiger partial charge on any atom is -0.497 e. The molecule has 0 atom stereocenters. The fourth-order valence-electron chi connectivity index (χ4n) is 2.40. The van der Waals surface area contributed by atoms with Crippen LogP contribution in [0.2, 0.25) is 0 Å². The average molecular weight is 325 g/mol. The maximum atomic E-state index is 12.2. The summed E-state index contributed by atoms with van der Waals surface area (Å²) < 4.78 is 10.5. The number of methoxy groups -OCH3 is 1. The lowest BCUT2D eigenvalue weighted by Crippen LogP contribution is -2.15. The Balaban J connectivity index is 1.78. The summed E-state index contributed by atoms with van der Waals surface area (Å²) in [4.78, 5) is 19.3. The quantitative estimate of drug-likeness (QED) is 0.729. The number of H-pyrrole nitrogens is 1. The van der Waals surface area contributed by atoms with Gasteiger partial charge in [-0.25, -0.2) is 4.98 Å². The Morgan fingerprint density at radius 2 is 2.08 bits per heavy atom. The van der Waals surface area contributed by atoms with Gasteiger partial charge in [0.05, 0.1) is 25.6 Å². The van der Waals surface area contributed by atoms with Crippen LogP contribution in [0.4, 0.5) is 5.69 Å². The normalized spacial score (nSPS) is 10.6. The predicted molar refractivity (Wildman–Crippen MR) is 93.9 cm³/mol. The number of anilines is 1. The van der Waals surface area contributed by atoms with Gasteiger partial charge in [0, 0.05) is 29.1 Å². The molecule has 24 heavy (non-hydrogen) atoms. The smallest absolute Gasteiger partial charge is 0.253 e. The van der Waals surface area contributed by atoms with Crippen molar-refractivity contribution in [2.45, 2.75) is 13.5 Å². The van der Waals surface area contributed by atoms with Crippen LogP contribution in [0.3, 0.4) is 0 Å². The number of fused-ring (bicyclic) bond motifs is 1. The van der Waals surface area contributed by atoms with Crippen LogP contribution in [0, 0.1) is 0 Å². The highest BCUT2D eigenvalue weighted by Crippen LogP contribution is 2.19. The molecule has 0 saturated heterocycles. The third kappa shape index (κ3) is 3.48. The molecule has 0 aliphatic rings. The zero-order valence-electron chi connectivity index (χ0n) is 13.6. The number of aromatic nitrogens is 2. The van der Waals surface area contributed by atoms with Gasteiger partial charge >= 0.3 is 0 Å². The van der Waals surface area contributed by atoms with E-state index in [-0.39, 0.29) is 5.56 Å². The fraction of sp³-hybridized carbons (Fsp3) is 0.222. The van der Waals surface area contributed by atoms with Gasteiger partial charge in [-0.3, -0.25) is 4.79 Å². The standard InChI is InChI=1S/C18H19N3O3/c1-3-24-17-7-4-14(11-20-17)19-10-13-8-12-9-15(23-2)5-6-16(12)21-18(13)22/h4-9,11,19H,3,10H2,1-2H3,(H,21,22). The van der Waals surface area contributed by atoms with E-state index >= 15 is 0 Å². The van der Waals surface area contributed by atoms with Gasteiger partial charge in [0.25, 0.3) is 5.56 Å². The van der Waals surface area contributed by atoms with Gasteiger partial charge in [0.2, 0.25) is 5.88 Å². The Bertz CT molecular complexity index is 888. The van der Waals surface area contributed by atoms with Crippen molar-refractivity contribution in [1.82, 2.24) is 9.97 Å². The second-order valence-electron chi connectivity index (χ2n) is 5.25. The lowest BCUT2D eigenvalue weighted by atomic mass is 10.1. The van der Waals surface area contributed by atoms with Crippen molar-refractivity contribution in [3.63, 3.8) is 0 Å². The van der Waals surface area contributed by atoms with Crippen molar-refractivity contribution in [1.29, 1.82) is 0 Å². The van der Waals surface area contributed by atoms with E-state index in [9.17, 15) is 4.79 Å². The van der Waals surface area contributed by atoms with Gasteiger partial charge in [-0.15, -0.1) is 0 Å². The second kappa shape index (κ2) is 7.04. The summed E-state index contributed by atoms with van der Waals surface area (Å²) in [7, 11) is 1.62. The minimum absolute atomic E-state index is 0.112. The van der Waals surface area contributed by atoms with Gasteiger partial charge in [-0.1, -0.05) is 0 Å². The summed E-state index contributed by atoms with van der Waals surface area (Å²) in [5.41, 5.74) is 2.14. The summed E-state index contributed by atoms with van der Waals surface area (Å²) in [5.74, 6) is 1.34. The summed E-state index contributed by atoms with van der Waals surface area (Å²) in [6.45, 7) is 2.89. The Morgan fingerprint density at radius 3 is 2.79 bits per heavy atom. The topological polar surface area (TPSA) is 76.2 Å². The number of nitrogens with one attached hydrogen (secondary N) is 2. The van der Waals surface area contributed by atoms with Crippen molar-refractivity contribution in [2.24, 2.45) is 0 Å². The zero-order chi connectivity index (χ0) is 16.9. The highest BCUT2D eigenvalue weighted by Gasteiger charge is 2.05. The molecule has 0 amide bonds. The van der Waals surface area contributed by atoms with E-state index in [2.05, 4.69) is 15.3 Å². The van der Waals surface area contributed by atoms with Crippen molar-refractivity contribution in [2.75, 3.05) is 19.0 Å². The predicted octanol–water partition coefficient (Wildman–Crippen LogP) is 2.94. The lowest BCUT2D eigenvalue weighted by Gasteiger charge is -2.08. The first-order valence-electron chi connectivity index (χ1n) is 7.72. The largest absolute Gasteiger partial charge is 0.497 e. The third-order valence-electron chi connectivity index (χ3n) is 3.64. The number of hydrogen-bond acceptors (Lipinski definition) is 5. The number of benzene rings is 1. The van der Waals surface area contributed by atoms with Crippen molar-refractivity contribution in [3.05, 3.63) is 58.5 Å². The number of aromatic amines is 1. The lowest BCUT2D eigenvalue weighted by molar-refractivity contribution is 0.327. The van der Waals surface area contributed by atoms with Gasteiger partial charge in [-0.05, 0) is 37.3 Å². The molecule has 0 unspecified atom stereocenters. The monoisotopic (exact) mass is 325 g/mol. The zero-order valence-corrected chi connectivity index (χ0v) is 13.6. The van der Waals surface area contributed by atoms with E-state index in [4.69, 9.17) is 9.47 Å². The second-order valence-corrected chi connectivity index (χ2v) is 5.25. The number of rotatable bonds is 6. The number of nitrogens with zero attached hydrogens (tertiary/aromatic N) is 1. The Labute approximate surface area is 139 Å². The van der Waals surface area contributed by atoms with Crippen LogP contribution in [-0.4, -0.2) is 23.7 Å². The van der Waals surface area contributed by atoms with E-state index < -0.39 is 0 Å². The first kappa shape index (κ1) is 15.9. The highest BCUT2D eigenvalue weighted by molar-refractivity contribution is 5.80. The minimum atomic E-state index is -0.112. The summed E-state index contributed by atoms with van der Waals surface area (Å²) in [6, 6.07) is 11.1. The maximum absolute atomic E-state index is 12.2. The molecule has 0 aliphatic carbocycles. The summed E-state index contributed by atoms with van der Waals surface area (Å²) in [5, 5.41) is 4.12. The van der Waals surface area contributed by atoms with Gasteiger partial charge in [0.1, 0.15) is 5.75 Å². The first-order valence-corrected chi connectivity index (χ1v) is 7.72. The molecular weight excluding hydrogens is 306 g/mol. The van der Waals surface area contributed by atoms with Gasteiger partial charge in [-0.2, -0.15) is 0 Å². The molecule has 2 aromatic heterocycles. The van der Waals surface area contributed by atoms with Crippen LogP contribution < -0.4 is 20.3 Å². The van der Waals surface area contributed by atoms with E-state index in [1.54, 1.807) is 19.4 Å². The molecular formula is C18H19N3O3. The van der Waals surface area contributed by atoms with Crippen LogP contribution in [0.1, 0.15) is 12.5 Å².